The number of nitrogens with two attached hydrogens (primary N) is 1. The average Bonchev–Trinajstić information content (AvgIpc) is 3.13. The number of ether oxygens (including phenoxy) is 1. The minimum atomic E-state index is 0.233. The maximum atomic E-state index is 7.26. The molecular weight excluding hydrogens is 400 g/mol. The van der Waals surface area contributed by atoms with Gasteiger partial charge in [0.25, 0.3) is 0 Å². The van der Waals surface area contributed by atoms with Crippen molar-refractivity contribution in [3.63, 3.8) is 0 Å². The van der Waals surface area contributed by atoms with E-state index in [1.807, 2.05) is 19.2 Å². The summed E-state index contributed by atoms with van der Waals surface area (Å²) >= 11 is 0. The number of nitrogens with zero attached hydrogens (tertiary/aromatic N) is 4. The quantitative estimate of drug-likeness (QED) is 0.474. The normalized spacial score (nSPS) is 22.4. The predicted octanol–water partition coefficient (Wildman–Crippen LogP) is 4.36. The maximum absolute atomic E-state index is 7.26. The van der Waals surface area contributed by atoms with E-state index in [-0.39, 0.29) is 11.5 Å². The van der Waals surface area contributed by atoms with Gasteiger partial charge in [-0.2, -0.15) is 9.97 Å². The summed E-state index contributed by atoms with van der Waals surface area (Å²) in [5.41, 5.74) is 12.6. The van der Waals surface area contributed by atoms with Crippen molar-refractivity contribution in [2.24, 2.45) is 11.1 Å². The van der Waals surface area contributed by atoms with E-state index in [1.54, 1.807) is 12.1 Å². The van der Waals surface area contributed by atoms with E-state index in [1.165, 1.54) is 11.1 Å². The number of anilines is 2. The lowest BCUT2D eigenvalue weighted by Crippen LogP contribution is -2.24. The molecule has 3 N–H and O–H groups in total. The van der Waals surface area contributed by atoms with Crippen LogP contribution in [0, 0.1) is 12.0 Å². The van der Waals surface area contributed by atoms with Crippen LogP contribution in [0.3, 0.4) is 0 Å². The van der Waals surface area contributed by atoms with Gasteiger partial charge in [0, 0.05) is 49.3 Å². The fourth-order valence-electron chi connectivity index (χ4n) is 5.21. The molecule has 2 fully saturated rings. The van der Waals surface area contributed by atoms with E-state index >= 15 is 0 Å². The molecule has 0 radical (unpaired) electrons. The second-order valence-corrected chi connectivity index (χ2v) is 8.97. The summed E-state index contributed by atoms with van der Waals surface area (Å²) in [5, 5.41) is 3.31. The number of rotatable bonds is 4. The Bertz CT molecular complexity index is 1280. The molecule has 2 aromatic carbocycles. The molecule has 1 aliphatic heterocycles. The first-order chi connectivity index (χ1) is 15.6. The van der Waals surface area contributed by atoms with Crippen LogP contribution in [-0.4, -0.2) is 36.1 Å². The molecule has 6 rings (SSSR count). The summed E-state index contributed by atoms with van der Waals surface area (Å²) in [5.74, 6) is 1.49. The summed E-state index contributed by atoms with van der Waals surface area (Å²) in [6, 6.07) is 14.0. The Morgan fingerprint density at radius 1 is 1.25 bits per heavy atom. The molecule has 0 bridgehead atoms. The van der Waals surface area contributed by atoms with Gasteiger partial charge in [0.1, 0.15) is 11.6 Å². The molecule has 1 spiro atoms. The molecule has 160 valence electrons. The Morgan fingerprint density at radius 2 is 2.09 bits per heavy atom. The molecule has 3 aliphatic rings. The third kappa shape index (κ3) is 2.91. The molecule has 1 aromatic heterocycles. The second kappa shape index (κ2) is 6.94. The van der Waals surface area contributed by atoms with Crippen molar-refractivity contribution in [3.05, 3.63) is 65.1 Å². The molecule has 1 saturated carbocycles. The molecular formula is C25H24N6O. The SMILES string of the molecule is [C-]#[N+]c1cccc(Oc2nc3c(c(N4CCC5(CC5N)C4)n2)-c2cccc(NC)c2C3)c1. The van der Waals surface area contributed by atoms with Crippen LogP contribution in [0.1, 0.15) is 24.1 Å². The topological polar surface area (TPSA) is 80.7 Å². The predicted molar refractivity (Wildman–Crippen MR) is 124 cm³/mol. The van der Waals surface area contributed by atoms with Gasteiger partial charge in [0.2, 0.25) is 0 Å². The van der Waals surface area contributed by atoms with Gasteiger partial charge >= 0.3 is 6.01 Å². The lowest BCUT2D eigenvalue weighted by atomic mass is 10.0. The molecule has 2 atom stereocenters. The van der Waals surface area contributed by atoms with Crippen LogP contribution in [0.5, 0.6) is 11.8 Å². The van der Waals surface area contributed by atoms with Crippen LogP contribution in [0.25, 0.3) is 16.0 Å². The summed E-state index contributed by atoms with van der Waals surface area (Å²) in [4.78, 5) is 15.6. The van der Waals surface area contributed by atoms with E-state index < -0.39 is 0 Å². The first kappa shape index (κ1) is 19.1. The Balaban J connectivity index is 1.44. The zero-order chi connectivity index (χ0) is 21.9. The maximum Gasteiger partial charge on any atom is 0.324 e. The molecule has 2 unspecified atom stereocenters. The van der Waals surface area contributed by atoms with Crippen molar-refractivity contribution < 1.29 is 4.74 Å². The standard InChI is InChI=1S/C25H24N6O/c1-27-15-5-3-6-16(11-15)32-24-29-20-12-18-17(7-4-8-19(18)28-2)22(20)23(30-24)31-10-9-25(14-31)13-21(25)26/h3-8,11,21,28H,9-10,12-14,26H2,2H3. The lowest BCUT2D eigenvalue weighted by molar-refractivity contribution is 0.440. The van der Waals surface area contributed by atoms with Gasteiger partial charge in [-0.1, -0.05) is 24.3 Å². The highest BCUT2D eigenvalue weighted by Crippen LogP contribution is 2.54. The van der Waals surface area contributed by atoms with Gasteiger partial charge in [-0.05, 0) is 42.2 Å². The monoisotopic (exact) mass is 424 g/mol. The fraction of sp³-hybridized carbons (Fsp3) is 0.320. The van der Waals surface area contributed by atoms with Gasteiger partial charge in [-0.25, -0.2) is 4.85 Å². The van der Waals surface area contributed by atoms with Gasteiger partial charge in [0.05, 0.1) is 12.3 Å². The molecule has 2 heterocycles. The number of fused-ring (bicyclic) bond motifs is 3. The van der Waals surface area contributed by atoms with Crippen molar-refractivity contribution in [1.82, 2.24) is 9.97 Å². The highest BCUT2D eigenvalue weighted by Gasteiger charge is 2.56. The highest BCUT2D eigenvalue weighted by atomic mass is 16.5. The van der Waals surface area contributed by atoms with E-state index in [9.17, 15) is 0 Å². The summed E-state index contributed by atoms with van der Waals surface area (Å²) in [7, 11) is 1.95. The number of benzene rings is 2. The van der Waals surface area contributed by atoms with Crippen molar-refractivity contribution in [3.8, 4) is 22.9 Å². The third-order valence-electron chi connectivity index (χ3n) is 7.10. The van der Waals surface area contributed by atoms with E-state index in [0.717, 1.165) is 55.1 Å². The van der Waals surface area contributed by atoms with Gasteiger partial charge in [-0.15, -0.1) is 0 Å². The molecule has 32 heavy (non-hydrogen) atoms. The first-order valence-electron chi connectivity index (χ1n) is 11.0. The zero-order valence-electron chi connectivity index (χ0n) is 17.9. The molecule has 7 nitrogen and oxygen atoms in total. The van der Waals surface area contributed by atoms with Crippen LogP contribution in [0.4, 0.5) is 17.2 Å². The average molecular weight is 425 g/mol. The Morgan fingerprint density at radius 3 is 2.84 bits per heavy atom. The van der Waals surface area contributed by atoms with Crippen LogP contribution in [0.2, 0.25) is 0 Å². The molecule has 2 aliphatic carbocycles. The van der Waals surface area contributed by atoms with Crippen LogP contribution < -0.4 is 20.7 Å². The van der Waals surface area contributed by atoms with Gasteiger partial charge in [0.15, 0.2) is 5.69 Å². The number of hydrogen-bond acceptors (Lipinski definition) is 6. The number of aromatic nitrogens is 2. The number of nitrogens with one attached hydrogen (secondary N) is 1. The van der Waals surface area contributed by atoms with Crippen LogP contribution >= 0.6 is 0 Å². The summed E-state index contributed by atoms with van der Waals surface area (Å²) in [6.07, 6.45) is 2.91. The zero-order valence-corrected chi connectivity index (χ0v) is 17.9. The fourth-order valence-corrected chi connectivity index (χ4v) is 5.21. The van der Waals surface area contributed by atoms with E-state index in [0.29, 0.717) is 17.4 Å². The Kier molecular flexibility index (Phi) is 4.14. The number of hydrogen-bond donors (Lipinski definition) is 2. The largest absolute Gasteiger partial charge is 0.426 e. The highest BCUT2D eigenvalue weighted by molar-refractivity contribution is 5.88. The van der Waals surface area contributed by atoms with Crippen molar-refractivity contribution in [2.75, 3.05) is 30.4 Å². The third-order valence-corrected chi connectivity index (χ3v) is 7.10. The molecule has 3 aromatic rings. The van der Waals surface area contributed by atoms with E-state index in [4.69, 9.17) is 27.0 Å². The van der Waals surface area contributed by atoms with Crippen LogP contribution in [-0.2, 0) is 6.42 Å². The summed E-state index contributed by atoms with van der Waals surface area (Å²) < 4.78 is 6.06. The van der Waals surface area contributed by atoms with E-state index in [2.05, 4.69) is 33.3 Å². The van der Waals surface area contributed by atoms with Crippen LogP contribution in [0.15, 0.2) is 42.5 Å². The van der Waals surface area contributed by atoms with Crippen molar-refractivity contribution in [1.29, 1.82) is 0 Å². The molecule has 0 amide bonds. The summed E-state index contributed by atoms with van der Waals surface area (Å²) in [6.45, 7) is 9.11. The van der Waals surface area contributed by atoms with Crippen molar-refractivity contribution in [2.45, 2.75) is 25.3 Å². The lowest BCUT2D eigenvalue weighted by Gasteiger charge is -2.22. The Hall–Kier alpha value is -3.63. The molecule has 1 saturated heterocycles. The smallest absolute Gasteiger partial charge is 0.324 e. The first-order valence-corrected chi connectivity index (χ1v) is 11.0. The van der Waals surface area contributed by atoms with Gasteiger partial charge in [-0.3, -0.25) is 0 Å². The van der Waals surface area contributed by atoms with Crippen molar-refractivity contribution >= 4 is 17.2 Å². The minimum Gasteiger partial charge on any atom is -0.426 e. The minimum absolute atomic E-state index is 0.233. The molecule has 7 heteroatoms. The Labute approximate surface area is 187 Å². The second-order valence-electron chi connectivity index (χ2n) is 8.97. The van der Waals surface area contributed by atoms with Gasteiger partial charge < -0.3 is 20.7 Å².